The monoisotopic (exact) mass is 209 g/mol. The number of hydrogen-bond donors (Lipinski definition) is 1. The molecule has 0 aliphatic carbocycles. The summed E-state index contributed by atoms with van der Waals surface area (Å²) in [5, 5.41) is 0. The summed E-state index contributed by atoms with van der Waals surface area (Å²) >= 11 is 2.98. The molecule has 0 atom stereocenters. The Morgan fingerprint density at radius 3 is 2.62 bits per heavy atom. The van der Waals surface area contributed by atoms with E-state index in [9.17, 15) is 0 Å². The van der Waals surface area contributed by atoms with Gasteiger partial charge in [-0.3, -0.25) is 0 Å². The van der Waals surface area contributed by atoms with E-state index in [1.807, 2.05) is 24.3 Å². The molecular formula is C8H7N3S2. The lowest BCUT2D eigenvalue weighted by atomic mass is 10.3. The van der Waals surface area contributed by atoms with E-state index in [2.05, 4.69) is 9.36 Å². The van der Waals surface area contributed by atoms with Gasteiger partial charge >= 0.3 is 0 Å². The maximum Gasteiger partial charge on any atom is 0.174 e. The van der Waals surface area contributed by atoms with Gasteiger partial charge in [-0.25, -0.2) is 4.98 Å². The van der Waals surface area contributed by atoms with Gasteiger partial charge in [-0.2, -0.15) is 4.37 Å². The van der Waals surface area contributed by atoms with E-state index in [4.69, 9.17) is 5.73 Å². The molecule has 0 saturated carbocycles. The normalized spacial score (nSPS) is 10.2. The van der Waals surface area contributed by atoms with Crippen molar-refractivity contribution in [2.75, 3.05) is 5.73 Å². The zero-order valence-corrected chi connectivity index (χ0v) is 8.31. The van der Waals surface area contributed by atoms with Crippen LogP contribution in [-0.2, 0) is 0 Å². The number of hydrogen-bond acceptors (Lipinski definition) is 5. The lowest BCUT2D eigenvalue weighted by molar-refractivity contribution is 1.21. The number of aromatic nitrogens is 2. The summed E-state index contributed by atoms with van der Waals surface area (Å²) in [6.07, 6.45) is 1.56. The summed E-state index contributed by atoms with van der Waals surface area (Å²) in [6.45, 7) is 0. The molecule has 0 aliphatic rings. The average molecular weight is 209 g/mol. The smallest absolute Gasteiger partial charge is 0.174 e. The molecule has 1 aromatic heterocycles. The minimum atomic E-state index is 0.779. The van der Waals surface area contributed by atoms with Crippen molar-refractivity contribution in [3.05, 3.63) is 30.6 Å². The van der Waals surface area contributed by atoms with Crippen molar-refractivity contribution in [1.82, 2.24) is 9.36 Å². The molecule has 3 nitrogen and oxygen atoms in total. The van der Waals surface area contributed by atoms with Gasteiger partial charge in [-0.05, 0) is 35.8 Å². The Bertz CT molecular complexity index is 369. The number of benzene rings is 1. The molecule has 13 heavy (non-hydrogen) atoms. The van der Waals surface area contributed by atoms with E-state index in [-0.39, 0.29) is 0 Å². The predicted octanol–water partition coefficient (Wildman–Crippen LogP) is 2.27. The summed E-state index contributed by atoms with van der Waals surface area (Å²) in [6, 6.07) is 7.70. The van der Waals surface area contributed by atoms with Crippen molar-refractivity contribution < 1.29 is 0 Å². The summed E-state index contributed by atoms with van der Waals surface area (Å²) < 4.78 is 4.87. The minimum Gasteiger partial charge on any atom is -0.399 e. The van der Waals surface area contributed by atoms with Gasteiger partial charge in [0.1, 0.15) is 6.33 Å². The highest BCUT2D eigenvalue weighted by Crippen LogP contribution is 2.28. The standard InChI is InChI=1S/C8H7N3S2/c9-6-1-3-7(4-2-6)12-8-10-5-11-13-8/h1-5H,9H2. The van der Waals surface area contributed by atoms with Crippen LogP contribution in [0.1, 0.15) is 0 Å². The third kappa shape index (κ3) is 2.19. The zero-order chi connectivity index (χ0) is 9.10. The summed E-state index contributed by atoms with van der Waals surface area (Å²) in [7, 11) is 0. The van der Waals surface area contributed by atoms with Crippen molar-refractivity contribution in [3.8, 4) is 0 Å². The van der Waals surface area contributed by atoms with Gasteiger partial charge in [0.15, 0.2) is 4.34 Å². The molecule has 2 aromatic rings. The van der Waals surface area contributed by atoms with Gasteiger partial charge in [-0.1, -0.05) is 11.8 Å². The van der Waals surface area contributed by atoms with E-state index < -0.39 is 0 Å². The van der Waals surface area contributed by atoms with Crippen molar-refractivity contribution in [2.24, 2.45) is 0 Å². The fourth-order valence-electron chi connectivity index (χ4n) is 0.845. The molecule has 0 unspecified atom stereocenters. The first kappa shape index (κ1) is 8.52. The Labute approximate surface area is 84.2 Å². The fourth-order valence-corrected chi connectivity index (χ4v) is 2.26. The summed E-state index contributed by atoms with van der Waals surface area (Å²) in [5.74, 6) is 0. The maximum atomic E-state index is 5.57. The molecule has 0 fully saturated rings. The van der Waals surface area contributed by atoms with E-state index in [0.29, 0.717) is 0 Å². The number of nitrogens with zero attached hydrogens (tertiary/aromatic N) is 2. The summed E-state index contributed by atoms with van der Waals surface area (Å²) in [5.41, 5.74) is 6.34. The van der Waals surface area contributed by atoms with Gasteiger partial charge in [0, 0.05) is 10.6 Å². The molecule has 2 N–H and O–H groups in total. The molecular weight excluding hydrogens is 202 g/mol. The lowest BCUT2D eigenvalue weighted by Crippen LogP contribution is -1.82. The van der Waals surface area contributed by atoms with Crippen molar-refractivity contribution in [2.45, 2.75) is 9.24 Å². The zero-order valence-electron chi connectivity index (χ0n) is 6.68. The average Bonchev–Trinajstić information content (AvgIpc) is 2.62. The van der Waals surface area contributed by atoms with Crippen molar-refractivity contribution in [1.29, 1.82) is 0 Å². The highest BCUT2D eigenvalue weighted by molar-refractivity contribution is 8.01. The molecule has 0 amide bonds. The Morgan fingerprint density at radius 2 is 2.00 bits per heavy atom. The van der Waals surface area contributed by atoms with E-state index in [1.165, 1.54) is 11.5 Å². The molecule has 0 aliphatic heterocycles. The van der Waals surface area contributed by atoms with Crippen LogP contribution in [0.2, 0.25) is 0 Å². The van der Waals surface area contributed by atoms with Gasteiger partial charge in [0.25, 0.3) is 0 Å². The largest absolute Gasteiger partial charge is 0.399 e. The van der Waals surface area contributed by atoms with Crippen molar-refractivity contribution in [3.63, 3.8) is 0 Å². The van der Waals surface area contributed by atoms with Crippen LogP contribution in [0.25, 0.3) is 0 Å². The van der Waals surface area contributed by atoms with Gasteiger partial charge in [-0.15, -0.1) is 0 Å². The number of nitrogens with two attached hydrogens (primary N) is 1. The number of rotatable bonds is 2. The lowest BCUT2D eigenvalue weighted by Gasteiger charge is -1.96. The highest BCUT2D eigenvalue weighted by Gasteiger charge is 1.99. The third-order valence-corrected chi connectivity index (χ3v) is 3.15. The van der Waals surface area contributed by atoms with Crippen LogP contribution < -0.4 is 5.73 Å². The molecule has 0 spiro atoms. The Kier molecular flexibility index (Phi) is 2.47. The van der Waals surface area contributed by atoms with Gasteiger partial charge < -0.3 is 5.73 Å². The second kappa shape index (κ2) is 3.76. The number of nitrogen functional groups attached to an aromatic ring is 1. The highest BCUT2D eigenvalue weighted by atomic mass is 32.2. The third-order valence-electron chi connectivity index (χ3n) is 1.43. The first-order valence-electron chi connectivity index (χ1n) is 3.64. The Balaban J connectivity index is 2.15. The number of anilines is 1. The molecule has 0 saturated heterocycles. The molecule has 2 rings (SSSR count). The quantitative estimate of drug-likeness (QED) is 0.771. The molecule has 0 radical (unpaired) electrons. The van der Waals surface area contributed by atoms with Crippen LogP contribution in [0.3, 0.4) is 0 Å². The Morgan fingerprint density at radius 1 is 1.23 bits per heavy atom. The van der Waals surface area contributed by atoms with Crippen LogP contribution in [0.15, 0.2) is 39.8 Å². The fraction of sp³-hybridized carbons (Fsp3) is 0. The topological polar surface area (TPSA) is 51.8 Å². The molecule has 5 heteroatoms. The molecule has 1 heterocycles. The van der Waals surface area contributed by atoms with E-state index in [0.717, 1.165) is 14.9 Å². The SMILES string of the molecule is Nc1ccc(Sc2ncns2)cc1. The van der Waals surface area contributed by atoms with Crippen molar-refractivity contribution >= 4 is 29.0 Å². The minimum absolute atomic E-state index is 0.779. The molecule has 1 aromatic carbocycles. The first-order valence-corrected chi connectivity index (χ1v) is 5.23. The van der Waals surface area contributed by atoms with Gasteiger partial charge in [0.2, 0.25) is 0 Å². The van der Waals surface area contributed by atoms with Gasteiger partial charge in [0.05, 0.1) is 0 Å². The van der Waals surface area contributed by atoms with Crippen LogP contribution in [-0.4, -0.2) is 9.36 Å². The van der Waals surface area contributed by atoms with Crippen LogP contribution >= 0.6 is 23.3 Å². The maximum absolute atomic E-state index is 5.57. The Hall–Kier alpha value is -1.07. The molecule has 66 valence electrons. The molecule has 0 bridgehead atoms. The predicted molar refractivity (Wildman–Crippen MR) is 54.9 cm³/mol. The van der Waals surface area contributed by atoms with Crippen LogP contribution in [0.4, 0.5) is 5.69 Å². The van der Waals surface area contributed by atoms with E-state index >= 15 is 0 Å². The van der Waals surface area contributed by atoms with Crippen LogP contribution in [0, 0.1) is 0 Å². The second-order valence-electron chi connectivity index (χ2n) is 2.38. The van der Waals surface area contributed by atoms with E-state index in [1.54, 1.807) is 18.1 Å². The first-order chi connectivity index (χ1) is 6.34. The summed E-state index contributed by atoms with van der Waals surface area (Å²) in [4.78, 5) is 5.20. The van der Waals surface area contributed by atoms with Crippen LogP contribution in [0.5, 0.6) is 0 Å². The second-order valence-corrected chi connectivity index (χ2v) is 4.48.